The lowest BCUT2D eigenvalue weighted by atomic mass is 10.0. The molecule has 0 saturated carbocycles. The summed E-state index contributed by atoms with van der Waals surface area (Å²) >= 11 is 1.52. The lowest BCUT2D eigenvalue weighted by Gasteiger charge is -2.16. The van der Waals surface area contributed by atoms with Crippen molar-refractivity contribution in [2.24, 2.45) is 0 Å². The van der Waals surface area contributed by atoms with Gasteiger partial charge in [-0.25, -0.2) is 9.78 Å². The van der Waals surface area contributed by atoms with Crippen LogP contribution in [0.3, 0.4) is 0 Å². The maximum atomic E-state index is 11.4. The van der Waals surface area contributed by atoms with E-state index in [4.69, 9.17) is 4.74 Å². The van der Waals surface area contributed by atoms with E-state index in [0.29, 0.717) is 17.8 Å². The molecule has 0 fully saturated rings. The summed E-state index contributed by atoms with van der Waals surface area (Å²) in [5, 5.41) is 16.4. The summed E-state index contributed by atoms with van der Waals surface area (Å²) in [6, 6.07) is 7.56. The SMILES string of the molecule is COC(=O)c1ccc(CC(C)NCC(O)c2csc(N(C)C)n2)cc1. The number of nitrogens with zero attached hydrogens (tertiary/aromatic N) is 2. The van der Waals surface area contributed by atoms with Crippen molar-refractivity contribution in [1.82, 2.24) is 10.3 Å². The number of ether oxygens (including phenoxy) is 1. The number of benzene rings is 1. The fourth-order valence-electron chi connectivity index (χ4n) is 2.37. The highest BCUT2D eigenvalue weighted by Gasteiger charge is 2.14. The van der Waals surface area contributed by atoms with Gasteiger partial charge in [-0.15, -0.1) is 11.3 Å². The quantitative estimate of drug-likeness (QED) is 0.701. The number of anilines is 1. The Balaban J connectivity index is 1.83. The van der Waals surface area contributed by atoms with Crippen molar-refractivity contribution in [2.45, 2.75) is 25.5 Å². The molecule has 0 aliphatic carbocycles. The predicted octanol–water partition coefficient (Wildman–Crippen LogP) is 2.25. The van der Waals surface area contributed by atoms with Crippen LogP contribution < -0.4 is 10.2 Å². The molecule has 0 radical (unpaired) electrons. The zero-order valence-electron chi connectivity index (χ0n) is 15.0. The van der Waals surface area contributed by atoms with E-state index in [1.165, 1.54) is 18.4 Å². The summed E-state index contributed by atoms with van der Waals surface area (Å²) in [4.78, 5) is 17.8. The third kappa shape index (κ3) is 5.52. The number of aliphatic hydroxyl groups excluding tert-OH is 1. The second-order valence-corrected chi connectivity index (χ2v) is 7.00. The molecule has 1 heterocycles. The number of methoxy groups -OCH3 is 1. The fourth-order valence-corrected chi connectivity index (χ4v) is 3.18. The Bertz CT molecular complexity index is 685. The van der Waals surface area contributed by atoms with Crippen molar-refractivity contribution in [3.63, 3.8) is 0 Å². The van der Waals surface area contributed by atoms with Crippen molar-refractivity contribution in [2.75, 3.05) is 32.6 Å². The molecular weight excluding hydrogens is 338 g/mol. The Labute approximate surface area is 152 Å². The summed E-state index contributed by atoms with van der Waals surface area (Å²) in [6.45, 7) is 2.51. The highest BCUT2D eigenvalue weighted by Crippen LogP contribution is 2.22. The average molecular weight is 363 g/mol. The number of hydrogen-bond acceptors (Lipinski definition) is 7. The zero-order chi connectivity index (χ0) is 18.4. The molecule has 7 heteroatoms. The molecule has 0 bridgehead atoms. The molecule has 2 aromatic rings. The van der Waals surface area contributed by atoms with Crippen LogP contribution >= 0.6 is 11.3 Å². The summed E-state index contributed by atoms with van der Waals surface area (Å²) in [7, 11) is 5.24. The average Bonchev–Trinajstić information content (AvgIpc) is 3.10. The van der Waals surface area contributed by atoms with Gasteiger partial charge in [0.15, 0.2) is 5.13 Å². The molecule has 0 aliphatic rings. The van der Waals surface area contributed by atoms with Crippen molar-refractivity contribution in [3.05, 3.63) is 46.5 Å². The minimum absolute atomic E-state index is 0.186. The molecule has 2 unspecified atom stereocenters. The summed E-state index contributed by atoms with van der Waals surface area (Å²) in [5.41, 5.74) is 2.35. The van der Waals surface area contributed by atoms with E-state index in [1.54, 1.807) is 12.1 Å². The second-order valence-electron chi connectivity index (χ2n) is 6.17. The van der Waals surface area contributed by atoms with Gasteiger partial charge >= 0.3 is 5.97 Å². The molecule has 136 valence electrons. The number of rotatable bonds is 8. The molecule has 2 rings (SSSR count). The monoisotopic (exact) mass is 363 g/mol. The fraction of sp³-hybridized carbons (Fsp3) is 0.444. The largest absolute Gasteiger partial charge is 0.465 e. The van der Waals surface area contributed by atoms with E-state index in [2.05, 4.69) is 17.2 Å². The Morgan fingerprint density at radius 1 is 1.36 bits per heavy atom. The van der Waals surface area contributed by atoms with Gasteiger partial charge in [-0.3, -0.25) is 0 Å². The molecule has 0 saturated heterocycles. The van der Waals surface area contributed by atoms with E-state index >= 15 is 0 Å². The normalized spacial score (nSPS) is 13.3. The van der Waals surface area contributed by atoms with E-state index in [-0.39, 0.29) is 12.0 Å². The van der Waals surface area contributed by atoms with Gasteiger partial charge < -0.3 is 20.1 Å². The lowest BCUT2D eigenvalue weighted by Crippen LogP contribution is -2.32. The number of aromatic nitrogens is 1. The van der Waals surface area contributed by atoms with Gasteiger partial charge in [0.1, 0.15) is 6.10 Å². The van der Waals surface area contributed by atoms with E-state index in [0.717, 1.165) is 17.1 Å². The van der Waals surface area contributed by atoms with Crippen LogP contribution in [0, 0.1) is 0 Å². The molecule has 0 aliphatic heterocycles. The molecule has 6 nitrogen and oxygen atoms in total. The van der Waals surface area contributed by atoms with Crippen molar-refractivity contribution in [1.29, 1.82) is 0 Å². The van der Waals surface area contributed by atoms with Crippen molar-refractivity contribution < 1.29 is 14.6 Å². The van der Waals surface area contributed by atoms with Crippen LogP contribution in [0.4, 0.5) is 5.13 Å². The minimum atomic E-state index is -0.630. The maximum absolute atomic E-state index is 11.4. The van der Waals surface area contributed by atoms with Crippen LogP contribution in [0.2, 0.25) is 0 Å². The van der Waals surface area contributed by atoms with Gasteiger partial charge in [0.2, 0.25) is 0 Å². The predicted molar refractivity (Wildman–Crippen MR) is 100 cm³/mol. The number of esters is 1. The first-order chi connectivity index (χ1) is 11.9. The number of thiazole rings is 1. The first-order valence-corrected chi connectivity index (χ1v) is 9.00. The molecule has 2 atom stereocenters. The van der Waals surface area contributed by atoms with Gasteiger partial charge in [-0.2, -0.15) is 0 Å². The summed E-state index contributed by atoms with van der Waals surface area (Å²) in [6.07, 6.45) is 0.169. The lowest BCUT2D eigenvalue weighted by molar-refractivity contribution is 0.0600. The number of nitrogens with one attached hydrogen (secondary N) is 1. The number of aliphatic hydroxyl groups is 1. The Morgan fingerprint density at radius 2 is 2.04 bits per heavy atom. The highest BCUT2D eigenvalue weighted by molar-refractivity contribution is 7.13. The molecule has 25 heavy (non-hydrogen) atoms. The van der Waals surface area contributed by atoms with E-state index < -0.39 is 6.10 Å². The van der Waals surface area contributed by atoms with Crippen LogP contribution in [-0.4, -0.2) is 49.9 Å². The number of carbonyl (C=O) groups excluding carboxylic acids is 1. The van der Waals surface area contributed by atoms with Crippen LogP contribution in [0.15, 0.2) is 29.6 Å². The molecule has 1 aromatic heterocycles. The summed E-state index contributed by atoms with van der Waals surface area (Å²) < 4.78 is 4.69. The molecular formula is C18H25N3O3S. The topological polar surface area (TPSA) is 74.7 Å². The first-order valence-electron chi connectivity index (χ1n) is 8.12. The summed E-state index contributed by atoms with van der Waals surface area (Å²) in [5.74, 6) is -0.332. The second kappa shape index (κ2) is 8.94. The Morgan fingerprint density at radius 3 is 2.60 bits per heavy atom. The van der Waals surface area contributed by atoms with Crippen LogP contribution in [0.1, 0.15) is 34.6 Å². The Hall–Kier alpha value is -1.96. The molecule has 1 aromatic carbocycles. The first kappa shape index (κ1) is 19.4. The molecule has 0 amide bonds. The van der Waals surface area contributed by atoms with Gasteiger partial charge in [0.05, 0.1) is 18.4 Å². The molecule has 2 N–H and O–H groups in total. The van der Waals surface area contributed by atoms with E-state index in [1.807, 2.05) is 36.5 Å². The van der Waals surface area contributed by atoms with Gasteiger partial charge in [0, 0.05) is 32.1 Å². The van der Waals surface area contributed by atoms with Gasteiger partial charge in [-0.1, -0.05) is 12.1 Å². The molecule has 0 spiro atoms. The van der Waals surface area contributed by atoms with Crippen LogP contribution in [-0.2, 0) is 11.2 Å². The van der Waals surface area contributed by atoms with Crippen molar-refractivity contribution in [3.8, 4) is 0 Å². The smallest absolute Gasteiger partial charge is 0.337 e. The highest BCUT2D eigenvalue weighted by atomic mass is 32.1. The number of carbonyl (C=O) groups is 1. The maximum Gasteiger partial charge on any atom is 0.337 e. The van der Waals surface area contributed by atoms with E-state index in [9.17, 15) is 9.90 Å². The van der Waals surface area contributed by atoms with Crippen molar-refractivity contribution >= 4 is 22.4 Å². The third-order valence-electron chi connectivity index (χ3n) is 3.81. The van der Waals surface area contributed by atoms with Gasteiger partial charge in [0.25, 0.3) is 0 Å². The zero-order valence-corrected chi connectivity index (χ0v) is 15.8. The van der Waals surface area contributed by atoms with Crippen LogP contribution in [0.5, 0.6) is 0 Å². The van der Waals surface area contributed by atoms with Crippen LogP contribution in [0.25, 0.3) is 0 Å². The van der Waals surface area contributed by atoms with Gasteiger partial charge in [-0.05, 0) is 31.0 Å². The number of hydrogen-bond donors (Lipinski definition) is 2. The Kier molecular flexibility index (Phi) is 6.92. The standard InChI is InChI=1S/C18H25N3O3S/c1-12(9-13-5-7-14(8-6-13)17(23)24-4)19-10-16(22)15-11-25-18(20-15)21(2)3/h5-8,11-12,16,19,22H,9-10H2,1-4H3. The minimum Gasteiger partial charge on any atom is -0.465 e. The third-order valence-corrected chi connectivity index (χ3v) is 4.84.